The molecule has 3 aromatic rings. The van der Waals surface area contributed by atoms with E-state index in [1.165, 1.54) is 29.0 Å². The maximum atomic E-state index is 13.2. The minimum absolute atomic E-state index is 0.0606. The van der Waals surface area contributed by atoms with Gasteiger partial charge in [0, 0.05) is 53.1 Å². The van der Waals surface area contributed by atoms with E-state index in [9.17, 15) is 13.2 Å². The van der Waals surface area contributed by atoms with Crippen LogP contribution in [-0.2, 0) is 21.4 Å². The fourth-order valence-corrected chi connectivity index (χ4v) is 7.61. The van der Waals surface area contributed by atoms with Crippen molar-refractivity contribution in [3.63, 3.8) is 0 Å². The molecule has 194 valence electrons. The molecule has 0 radical (unpaired) electrons. The fourth-order valence-electron chi connectivity index (χ4n) is 5.81. The van der Waals surface area contributed by atoms with E-state index >= 15 is 0 Å². The van der Waals surface area contributed by atoms with Crippen molar-refractivity contribution in [1.29, 1.82) is 0 Å². The van der Waals surface area contributed by atoms with E-state index in [2.05, 4.69) is 14.9 Å². The molecule has 37 heavy (non-hydrogen) atoms. The van der Waals surface area contributed by atoms with E-state index in [4.69, 9.17) is 4.99 Å². The Labute approximate surface area is 221 Å². The van der Waals surface area contributed by atoms with E-state index in [1.54, 1.807) is 23.6 Å². The molecule has 1 saturated carbocycles. The molecule has 1 aliphatic carbocycles. The van der Waals surface area contributed by atoms with Crippen LogP contribution in [0.3, 0.4) is 0 Å². The molecule has 0 unspecified atom stereocenters. The van der Waals surface area contributed by atoms with Gasteiger partial charge in [0.1, 0.15) is 16.4 Å². The van der Waals surface area contributed by atoms with Crippen molar-refractivity contribution >= 4 is 50.1 Å². The summed E-state index contributed by atoms with van der Waals surface area (Å²) in [6.07, 6.45) is 12.1. The van der Waals surface area contributed by atoms with Gasteiger partial charge in [0.25, 0.3) is 5.91 Å². The highest BCUT2D eigenvalue weighted by molar-refractivity contribution is 7.92. The molecule has 2 fully saturated rings. The summed E-state index contributed by atoms with van der Waals surface area (Å²) < 4.78 is 30.0. The first-order valence-electron chi connectivity index (χ1n) is 13.0. The van der Waals surface area contributed by atoms with Crippen molar-refractivity contribution < 1.29 is 13.2 Å². The van der Waals surface area contributed by atoms with Gasteiger partial charge in [-0.15, -0.1) is 11.3 Å². The van der Waals surface area contributed by atoms with Crippen molar-refractivity contribution in [3.8, 4) is 0 Å². The summed E-state index contributed by atoms with van der Waals surface area (Å²) in [5, 5.41) is 8.32. The number of amides is 1. The second-order valence-electron chi connectivity index (χ2n) is 10.2. The lowest BCUT2D eigenvalue weighted by atomic mass is 9.88. The highest BCUT2D eigenvalue weighted by atomic mass is 32.2. The first-order valence-corrected chi connectivity index (χ1v) is 15.4. The van der Waals surface area contributed by atoms with Crippen LogP contribution < -0.4 is 5.32 Å². The van der Waals surface area contributed by atoms with E-state index in [0.717, 1.165) is 40.2 Å². The number of rotatable bonds is 6. The van der Waals surface area contributed by atoms with Crippen molar-refractivity contribution in [2.45, 2.75) is 57.0 Å². The average Bonchev–Trinajstić information content (AvgIpc) is 3.65. The van der Waals surface area contributed by atoms with Crippen LogP contribution in [0.25, 0.3) is 17.0 Å². The number of sulfonamides is 1. The van der Waals surface area contributed by atoms with Crippen LogP contribution in [0.15, 0.2) is 52.4 Å². The van der Waals surface area contributed by atoms with Gasteiger partial charge < -0.3 is 9.88 Å². The molecule has 4 heterocycles. The number of thiazole rings is 1. The third-order valence-electron chi connectivity index (χ3n) is 7.96. The van der Waals surface area contributed by atoms with Gasteiger partial charge >= 0.3 is 0 Å². The van der Waals surface area contributed by atoms with Crippen LogP contribution in [0.5, 0.6) is 0 Å². The quantitative estimate of drug-likeness (QED) is 0.504. The summed E-state index contributed by atoms with van der Waals surface area (Å²) in [5.74, 6) is 1.10. The molecule has 2 aliphatic heterocycles. The van der Waals surface area contributed by atoms with Gasteiger partial charge in [0.15, 0.2) is 0 Å². The number of hydrogen-bond donors (Lipinski definition) is 1. The van der Waals surface area contributed by atoms with E-state index in [-0.39, 0.29) is 19.0 Å². The smallest absolute Gasteiger partial charge is 0.253 e. The summed E-state index contributed by atoms with van der Waals surface area (Å²) in [5.41, 5.74) is 1.08. The summed E-state index contributed by atoms with van der Waals surface area (Å²) >= 11 is 1.61. The van der Waals surface area contributed by atoms with E-state index < -0.39 is 15.6 Å². The zero-order valence-corrected chi connectivity index (χ0v) is 22.3. The largest absolute Gasteiger partial charge is 0.341 e. The van der Waals surface area contributed by atoms with Gasteiger partial charge in [-0.25, -0.2) is 13.4 Å². The number of hydrogen-bond acceptors (Lipinski definition) is 6. The standard InChI is InChI=1S/C27H31N5O3S2/c33-26-27(30-25(29-26)21-5-2-1-3-6-21)11-15-32(16-12-27)37(34,35)18-10-20-7-4-8-23-22(20)9-14-31(23)19-24-28-13-17-36-24/h4,7-10,13-14,17-18,21H,1-3,5-6,11-12,15-16,19H2,(H,29,30,33). The Balaban J connectivity index is 1.15. The summed E-state index contributed by atoms with van der Waals surface area (Å²) in [6.45, 7) is 1.26. The Morgan fingerprint density at radius 3 is 2.70 bits per heavy atom. The minimum Gasteiger partial charge on any atom is -0.341 e. The second-order valence-corrected chi connectivity index (χ2v) is 13.0. The molecule has 1 aromatic carbocycles. The van der Waals surface area contributed by atoms with Gasteiger partial charge in [-0.05, 0) is 49.5 Å². The molecule has 1 amide bonds. The summed E-state index contributed by atoms with van der Waals surface area (Å²) in [6, 6.07) is 7.92. The maximum absolute atomic E-state index is 13.2. The Kier molecular flexibility index (Phi) is 6.50. The molecule has 1 saturated heterocycles. The van der Waals surface area contributed by atoms with Gasteiger partial charge in [-0.1, -0.05) is 31.4 Å². The zero-order chi connectivity index (χ0) is 25.5. The van der Waals surface area contributed by atoms with Crippen molar-refractivity contribution in [3.05, 3.63) is 58.0 Å². The number of carbonyl (C=O) groups excluding carboxylic acids is 1. The SMILES string of the molecule is O=C1NC(C2CCCCC2)=NC12CCN(S(=O)(=O)C=Cc1cccc3c1ccn3Cc1nccs1)CC2. The molecular weight excluding hydrogens is 506 g/mol. The number of aliphatic imine (C=N–C) groups is 1. The fraction of sp³-hybridized carbons (Fsp3) is 0.444. The molecule has 1 spiro atoms. The average molecular weight is 538 g/mol. The monoisotopic (exact) mass is 537 g/mol. The maximum Gasteiger partial charge on any atom is 0.253 e. The van der Waals surface area contributed by atoms with Crippen LogP contribution in [0.1, 0.15) is 55.5 Å². The number of nitrogens with zero attached hydrogens (tertiary/aromatic N) is 4. The normalized spacial score (nSPS) is 21.2. The third kappa shape index (κ3) is 4.78. The Hall–Kier alpha value is -2.82. The van der Waals surface area contributed by atoms with Gasteiger partial charge in [-0.3, -0.25) is 9.79 Å². The van der Waals surface area contributed by atoms with E-state index in [1.807, 2.05) is 35.8 Å². The molecule has 10 heteroatoms. The predicted octanol–water partition coefficient (Wildman–Crippen LogP) is 4.39. The summed E-state index contributed by atoms with van der Waals surface area (Å²) in [4.78, 5) is 22.1. The number of aromatic nitrogens is 2. The number of benzene rings is 1. The molecule has 3 aliphatic rings. The molecule has 6 rings (SSSR count). The molecule has 1 N–H and O–H groups in total. The Bertz CT molecular complexity index is 1460. The Morgan fingerprint density at radius 2 is 1.95 bits per heavy atom. The number of piperidine rings is 1. The number of fused-ring (bicyclic) bond motifs is 1. The van der Waals surface area contributed by atoms with Crippen LogP contribution in [0.4, 0.5) is 0 Å². The highest BCUT2D eigenvalue weighted by Gasteiger charge is 2.48. The van der Waals surface area contributed by atoms with Gasteiger partial charge in [-0.2, -0.15) is 4.31 Å². The first kappa shape index (κ1) is 24.5. The number of nitrogens with one attached hydrogen (secondary N) is 1. The summed E-state index contributed by atoms with van der Waals surface area (Å²) in [7, 11) is -3.62. The third-order valence-corrected chi connectivity index (χ3v) is 10.3. The van der Waals surface area contributed by atoms with Crippen LogP contribution >= 0.6 is 11.3 Å². The van der Waals surface area contributed by atoms with Gasteiger partial charge in [0.05, 0.1) is 6.54 Å². The first-order chi connectivity index (χ1) is 17.9. The molecular formula is C27H31N5O3S2. The zero-order valence-electron chi connectivity index (χ0n) is 20.7. The van der Waals surface area contributed by atoms with Crippen molar-refractivity contribution in [2.24, 2.45) is 10.9 Å². The number of amidine groups is 1. The van der Waals surface area contributed by atoms with Crippen LogP contribution in [-0.4, -0.2) is 52.6 Å². The molecule has 8 nitrogen and oxygen atoms in total. The van der Waals surface area contributed by atoms with Crippen LogP contribution in [0.2, 0.25) is 0 Å². The van der Waals surface area contributed by atoms with E-state index in [0.29, 0.717) is 25.3 Å². The lowest BCUT2D eigenvalue weighted by molar-refractivity contribution is -0.124. The number of carbonyl (C=O) groups is 1. The Morgan fingerprint density at radius 1 is 1.14 bits per heavy atom. The lowest BCUT2D eigenvalue weighted by Crippen LogP contribution is -2.50. The van der Waals surface area contributed by atoms with Crippen molar-refractivity contribution in [2.75, 3.05) is 13.1 Å². The predicted molar refractivity (Wildman–Crippen MR) is 147 cm³/mol. The van der Waals surface area contributed by atoms with Gasteiger partial charge in [0.2, 0.25) is 10.0 Å². The minimum atomic E-state index is -3.62. The second kappa shape index (κ2) is 9.81. The molecule has 0 atom stereocenters. The topological polar surface area (TPSA) is 96.7 Å². The lowest BCUT2D eigenvalue weighted by Gasteiger charge is -2.34. The highest BCUT2D eigenvalue weighted by Crippen LogP contribution is 2.35. The molecule has 2 aromatic heterocycles. The van der Waals surface area contributed by atoms with Crippen molar-refractivity contribution in [1.82, 2.24) is 19.2 Å². The van der Waals surface area contributed by atoms with Crippen LogP contribution in [0, 0.1) is 5.92 Å². The molecule has 0 bridgehead atoms.